The summed E-state index contributed by atoms with van der Waals surface area (Å²) in [7, 11) is -1.43. The summed E-state index contributed by atoms with van der Waals surface area (Å²) in [6.07, 6.45) is 2.64. The first kappa shape index (κ1) is 15.1. The number of carboxylic acid groups (broad SMARTS) is 1. The molecule has 0 aromatic heterocycles. The third-order valence-corrected chi connectivity index (χ3v) is 3.75. The number of rotatable bonds is 6. The summed E-state index contributed by atoms with van der Waals surface area (Å²) in [4.78, 5) is 10.6. The molecule has 0 heterocycles. The van der Waals surface area contributed by atoms with E-state index in [0.29, 0.717) is 12.2 Å². The fourth-order valence-electron chi connectivity index (χ4n) is 0.904. The first-order valence-corrected chi connectivity index (χ1v) is 9.57. The van der Waals surface area contributed by atoms with Gasteiger partial charge in [0.1, 0.15) is 0 Å². The van der Waals surface area contributed by atoms with Gasteiger partial charge in [-0.05, 0) is 33.0 Å². The predicted molar refractivity (Wildman–Crippen MR) is 73.1 cm³/mol. The zero-order chi connectivity index (χ0) is 12.1. The molecule has 0 rings (SSSR count). The lowest BCUT2D eigenvalue weighted by atomic mass is 10.2. The van der Waals surface area contributed by atoms with Crippen molar-refractivity contribution < 1.29 is 14.3 Å². The molecule has 0 saturated carbocycles. The summed E-state index contributed by atoms with van der Waals surface area (Å²) < 4.78 is 5.93. The lowest BCUT2D eigenvalue weighted by Crippen LogP contribution is -2.26. The lowest BCUT2D eigenvalue weighted by Gasteiger charge is -2.17. The van der Waals surface area contributed by atoms with Gasteiger partial charge in [-0.2, -0.15) is 0 Å². The second-order valence-corrected chi connectivity index (χ2v) is 10.5. The van der Waals surface area contributed by atoms with E-state index in [0.717, 1.165) is 6.42 Å². The molecule has 15 heavy (non-hydrogen) atoms. The van der Waals surface area contributed by atoms with Crippen molar-refractivity contribution >= 4 is 36.9 Å². The van der Waals surface area contributed by atoms with Gasteiger partial charge in [0.25, 0.3) is 0 Å². The van der Waals surface area contributed by atoms with Crippen molar-refractivity contribution in [3.05, 3.63) is 11.6 Å². The quantitative estimate of drug-likeness (QED) is 0.349. The van der Waals surface area contributed by atoms with Gasteiger partial charge in [-0.25, -0.2) is 4.79 Å². The van der Waals surface area contributed by atoms with Gasteiger partial charge in [-0.1, -0.05) is 28.7 Å². The molecule has 1 unspecified atom stereocenters. The zero-order valence-corrected chi connectivity index (χ0v) is 12.9. The molecule has 88 valence electrons. The fourth-order valence-corrected chi connectivity index (χ4v) is 2.43. The van der Waals surface area contributed by atoms with E-state index < -0.39 is 14.3 Å². The molecule has 0 aliphatic heterocycles. The van der Waals surface area contributed by atoms with Crippen LogP contribution in [-0.2, 0) is 9.22 Å². The maximum absolute atomic E-state index is 10.6. The molecule has 0 saturated heterocycles. The Hall–Kier alpha value is 0.117. The normalized spacial score (nSPS) is 15.1. The van der Waals surface area contributed by atoms with Crippen molar-refractivity contribution in [2.75, 3.05) is 6.61 Å². The SMILES string of the molecule is CC(=CC(I)CCO[Si](C)(C)C)C(=O)O. The van der Waals surface area contributed by atoms with Gasteiger partial charge in [-0.3, -0.25) is 0 Å². The standard InChI is InChI=1S/C10H19IO3Si/c1-8(10(12)13)7-9(11)5-6-14-15(2,3)4/h7,9H,5-6H2,1-4H3,(H,12,13). The van der Waals surface area contributed by atoms with Crippen LogP contribution in [0, 0.1) is 0 Å². The minimum atomic E-state index is -1.43. The van der Waals surface area contributed by atoms with Crippen molar-refractivity contribution in [3.63, 3.8) is 0 Å². The van der Waals surface area contributed by atoms with E-state index in [2.05, 4.69) is 42.2 Å². The first-order valence-electron chi connectivity index (χ1n) is 4.92. The fraction of sp³-hybridized carbons (Fsp3) is 0.700. The molecular formula is C10H19IO3Si. The van der Waals surface area contributed by atoms with E-state index >= 15 is 0 Å². The first-order chi connectivity index (χ1) is 6.72. The Morgan fingerprint density at radius 3 is 2.47 bits per heavy atom. The Bertz CT molecular complexity index is 246. The number of carbonyl (C=O) groups is 1. The highest BCUT2D eigenvalue weighted by Crippen LogP contribution is 2.12. The molecule has 0 aromatic carbocycles. The van der Waals surface area contributed by atoms with Crippen molar-refractivity contribution in [1.82, 2.24) is 0 Å². The van der Waals surface area contributed by atoms with E-state index in [4.69, 9.17) is 9.53 Å². The van der Waals surface area contributed by atoms with Crippen LogP contribution in [0.25, 0.3) is 0 Å². The highest BCUT2D eigenvalue weighted by atomic mass is 127. The summed E-state index contributed by atoms with van der Waals surface area (Å²) in [6.45, 7) is 8.77. The van der Waals surface area contributed by atoms with Crippen LogP contribution in [0.1, 0.15) is 13.3 Å². The molecule has 0 aliphatic carbocycles. The van der Waals surface area contributed by atoms with Gasteiger partial charge >= 0.3 is 5.97 Å². The van der Waals surface area contributed by atoms with Crippen LogP contribution >= 0.6 is 22.6 Å². The monoisotopic (exact) mass is 342 g/mol. The van der Waals surface area contributed by atoms with E-state index in [1.165, 1.54) is 0 Å². The molecule has 0 fully saturated rings. The molecule has 0 aromatic rings. The topological polar surface area (TPSA) is 46.5 Å². The van der Waals surface area contributed by atoms with Crippen LogP contribution in [0.5, 0.6) is 0 Å². The predicted octanol–water partition coefficient (Wildman–Crippen LogP) is 3.06. The Kier molecular flexibility index (Phi) is 6.70. The van der Waals surface area contributed by atoms with E-state index in [1.54, 1.807) is 13.0 Å². The van der Waals surface area contributed by atoms with Crippen molar-refractivity contribution in [2.45, 2.75) is 36.9 Å². The largest absolute Gasteiger partial charge is 0.478 e. The van der Waals surface area contributed by atoms with E-state index in [1.807, 2.05) is 0 Å². The smallest absolute Gasteiger partial charge is 0.330 e. The Morgan fingerprint density at radius 2 is 2.07 bits per heavy atom. The number of hydrogen-bond acceptors (Lipinski definition) is 2. The summed E-state index contributed by atoms with van der Waals surface area (Å²) in [5.41, 5.74) is 0.405. The molecular weight excluding hydrogens is 323 g/mol. The molecule has 1 N–H and O–H groups in total. The van der Waals surface area contributed by atoms with E-state index in [9.17, 15) is 4.79 Å². The van der Waals surface area contributed by atoms with Crippen LogP contribution in [0.15, 0.2) is 11.6 Å². The van der Waals surface area contributed by atoms with Gasteiger partial charge in [0.2, 0.25) is 0 Å². The number of alkyl halides is 1. The zero-order valence-electron chi connectivity index (χ0n) is 9.71. The molecule has 0 spiro atoms. The second-order valence-electron chi connectivity index (χ2n) is 4.42. The second kappa shape index (κ2) is 6.65. The number of aliphatic carboxylic acids is 1. The average Bonchev–Trinajstić information content (AvgIpc) is 2.01. The summed E-state index contributed by atoms with van der Waals surface area (Å²) in [6, 6.07) is 0. The third kappa shape index (κ3) is 9.07. The van der Waals surface area contributed by atoms with Crippen LogP contribution in [0.2, 0.25) is 19.6 Å². The van der Waals surface area contributed by atoms with Gasteiger partial charge in [0.15, 0.2) is 8.32 Å². The molecule has 0 aliphatic rings. The van der Waals surface area contributed by atoms with E-state index in [-0.39, 0.29) is 3.92 Å². The Labute approximate surface area is 106 Å². The maximum Gasteiger partial charge on any atom is 0.330 e. The molecule has 0 bridgehead atoms. The number of carboxylic acids is 1. The highest BCUT2D eigenvalue weighted by molar-refractivity contribution is 14.1. The van der Waals surface area contributed by atoms with Crippen molar-refractivity contribution in [1.29, 1.82) is 0 Å². The summed E-state index contributed by atoms with van der Waals surface area (Å²) in [5, 5.41) is 8.69. The molecule has 1 atom stereocenters. The lowest BCUT2D eigenvalue weighted by molar-refractivity contribution is -0.132. The Morgan fingerprint density at radius 1 is 1.53 bits per heavy atom. The highest BCUT2D eigenvalue weighted by Gasteiger charge is 2.14. The van der Waals surface area contributed by atoms with Crippen LogP contribution < -0.4 is 0 Å². The van der Waals surface area contributed by atoms with Crippen LogP contribution in [-0.4, -0.2) is 29.9 Å². The number of halogens is 1. The molecule has 5 heteroatoms. The van der Waals surface area contributed by atoms with Crippen molar-refractivity contribution in [3.8, 4) is 0 Å². The van der Waals surface area contributed by atoms with Crippen LogP contribution in [0.3, 0.4) is 0 Å². The van der Waals surface area contributed by atoms with Gasteiger partial charge in [0, 0.05) is 16.1 Å². The maximum atomic E-state index is 10.6. The number of allylic oxidation sites excluding steroid dienone is 1. The van der Waals surface area contributed by atoms with Gasteiger partial charge < -0.3 is 9.53 Å². The third-order valence-electron chi connectivity index (χ3n) is 1.70. The van der Waals surface area contributed by atoms with Gasteiger partial charge in [-0.15, -0.1) is 0 Å². The Balaban J connectivity index is 3.90. The van der Waals surface area contributed by atoms with Gasteiger partial charge in [0.05, 0.1) is 0 Å². The van der Waals surface area contributed by atoms with Crippen LogP contribution in [0.4, 0.5) is 0 Å². The molecule has 0 radical (unpaired) electrons. The minimum absolute atomic E-state index is 0.232. The summed E-state index contributed by atoms with van der Waals surface area (Å²) in [5.74, 6) is -0.845. The summed E-state index contributed by atoms with van der Waals surface area (Å²) >= 11 is 2.24. The minimum Gasteiger partial charge on any atom is -0.478 e. The number of hydrogen-bond donors (Lipinski definition) is 1. The molecule has 0 amide bonds. The van der Waals surface area contributed by atoms with Crippen molar-refractivity contribution in [2.24, 2.45) is 0 Å². The molecule has 3 nitrogen and oxygen atoms in total. The average molecular weight is 342 g/mol.